The summed E-state index contributed by atoms with van der Waals surface area (Å²) < 4.78 is 10.6. The highest BCUT2D eigenvalue weighted by atomic mass is 16.5. The molecule has 1 N–H and O–H groups in total. The fourth-order valence-electron chi connectivity index (χ4n) is 3.06. The minimum atomic E-state index is -0.0223. The smallest absolute Gasteiger partial charge is 0.167 e. The van der Waals surface area contributed by atoms with Gasteiger partial charge in [-0.25, -0.2) is 0 Å². The highest BCUT2D eigenvalue weighted by Crippen LogP contribution is 2.39. The Kier molecular flexibility index (Phi) is 3.43. The number of aromatic nitrogens is 2. The molecule has 0 radical (unpaired) electrons. The highest BCUT2D eigenvalue weighted by Gasteiger charge is 2.34. The molecule has 0 amide bonds. The first-order valence-electron chi connectivity index (χ1n) is 7.28. The molecule has 1 aromatic heterocycles. The number of ketones is 1. The number of nitrogens with zero attached hydrogens (tertiary/aromatic N) is 1. The zero-order chi connectivity index (χ0) is 15.9. The van der Waals surface area contributed by atoms with Crippen LogP contribution in [0.15, 0.2) is 18.2 Å². The minimum Gasteiger partial charge on any atom is -0.493 e. The van der Waals surface area contributed by atoms with Gasteiger partial charge in [0.05, 0.1) is 19.8 Å². The van der Waals surface area contributed by atoms with E-state index in [0.29, 0.717) is 29.2 Å². The molecule has 22 heavy (non-hydrogen) atoms. The lowest BCUT2D eigenvalue weighted by molar-refractivity contribution is 0.0912. The average Bonchev–Trinajstić information content (AvgIpc) is 2.89. The number of carbonyl (C=O) groups excluding carboxylic acids is 1. The van der Waals surface area contributed by atoms with Gasteiger partial charge >= 0.3 is 0 Å². The largest absolute Gasteiger partial charge is 0.493 e. The molecule has 1 aliphatic carbocycles. The molecule has 0 bridgehead atoms. The maximum absolute atomic E-state index is 12.5. The molecule has 0 atom stereocenters. The van der Waals surface area contributed by atoms with Crippen molar-refractivity contribution in [1.82, 2.24) is 10.2 Å². The molecule has 3 rings (SSSR count). The van der Waals surface area contributed by atoms with Crippen molar-refractivity contribution in [2.24, 2.45) is 5.41 Å². The monoisotopic (exact) mass is 300 g/mol. The van der Waals surface area contributed by atoms with Gasteiger partial charge in [-0.05, 0) is 30.0 Å². The lowest BCUT2D eigenvalue weighted by Crippen LogP contribution is -2.26. The second-order valence-corrected chi connectivity index (χ2v) is 6.44. The minimum absolute atomic E-state index is 0.0223. The van der Waals surface area contributed by atoms with Gasteiger partial charge in [-0.1, -0.05) is 13.8 Å². The van der Waals surface area contributed by atoms with Crippen molar-refractivity contribution in [2.75, 3.05) is 14.2 Å². The summed E-state index contributed by atoms with van der Waals surface area (Å²) in [4.78, 5) is 12.5. The van der Waals surface area contributed by atoms with E-state index in [2.05, 4.69) is 24.0 Å². The van der Waals surface area contributed by atoms with Crippen LogP contribution in [-0.4, -0.2) is 30.2 Å². The molecule has 5 nitrogen and oxygen atoms in total. The van der Waals surface area contributed by atoms with Gasteiger partial charge in [-0.15, -0.1) is 0 Å². The zero-order valence-electron chi connectivity index (χ0n) is 13.3. The molecule has 1 aromatic carbocycles. The summed E-state index contributed by atoms with van der Waals surface area (Å²) in [7, 11) is 3.19. The normalized spacial score (nSPS) is 16.3. The molecule has 1 aliphatic rings. The SMILES string of the molecule is COc1ccc(-c2n[nH]c3c2C(=O)CC(C)(C)C3)cc1OC. The molecule has 0 unspecified atom stereocenters. The van der Waals surface area contributed by atoms with Gasteiger partial charge in [0.15, 0.2) is 17.3 Å². The second-order valence-electron chi connectivity index (χ2n) is 6.44. The molecular formula is C17H20N2O3. The van der Waals surface area contributed by atoms with E-state index in [4.69, 9.17) is 9.47 Å². The van der Waals surface area contributed by atoms with E-state index in [1.807, 2.05) is 18.2 Å². The van der Waals surface area contributed by atoms with Crippen molar-refractivity contribution >= 4 is 5.78 Å². The highest BCUT2D eigenvalue weighted by molar-refractivity contribution is 6.04. The number of ether oxygens (including phenoxy) is 2. The number of carbonyl (C=O) groups is 1. The number of hydrogen-bond acceptors (Lipinski definition) is 4. The third-order valence-corrected chi connectivity index (χ3v) is 4.07. The summed E-state index contributed by atoms with van der Waals surface area (Å²) in [6, 6.07) is 5.57. The molecule has 0 saturated carbocycles. The predicted octanol–water partition coefficient (Wildman–Crippen LogP) is 3.25. The standard InChI is InChI=1S/C17H20N2O3/c1-17(2)8-11-15(12(20)9-17)16(19-18-11)10-5-6-13(21-3)14(7-10)22-4/h5-7H,8-9H2,1-4H3,(H,18,19). The molecule has 5 heteroatoms. The van der Waals surface area contributed by atoms with Crippen molar-refractivity contribution in [2.45, 2.75) is 26.7 Å². The maximum Gasteiger partial charge on any atom is 0.167 e. The van der Waals surface area contributed by atoms with E-state index in [-0.39, 0.29) is 11.2 Å². The number of H-pyrrole nitrogens is 1. The molecule has 0 saturated heterocycles. The number of Topliss-reactive ketones (excluding diaryl/α,β-unsaturated/α-hetero) is 1. The van der Waals surface area contributed by atoms with E-state index in [0.717, 1.165) is 17.7 Å². The Morgan fingerprint density at radius 2 is 1.86 bits per heavy atom. The van der Waals surface area contributed by atoms with Crippen LogP contribution in [0.25, 0.3) is 11.3 Å². The number of rotatable bonds is 3. The first-order valence-corrected chi connectivity index (χ1v) is 7.28. The summed E-state index contributed by atoms with van der Waals surface area (Å²) in [6.07, 6.45) is 1.37. The Labute approximate surface area is 129 Å². The number of methoxy groups -OCH3 is 2. The van der Waals surface area contributed by atoms with Crippen LogP contribution in [0.1, 0.15) is 36.3 Å². The van der Waals surface area contributed by atoms with Crippen LogP contribution in [0.2, 0.25) is 0 Å². The summed E-state index contributed by atoms with van der Waals surface area (Å²) >= 11 is 0. The van der Waals surface area contributed by atoms with Gasteiger partial charge in [-0.2, -0.15) is 5.10 Å². The Bertz CT molecular complexity index is 732. The number of hydrogen-bond donors (Lipinski definition) is 1. The lowest BCUT2D eigenvalue weighted by Gasteiger charge is -2.27. The van der Waals surface area contributed by atoms with Crippen molar-refractivity contribution in [3.63, 3.8) is 0 Å². The van der Waals surface area contributed by atoms with Crippen LogP contribution in [0.3, 0.4) is 0 Å². The number of nitrogens with one attached hydrogen (secondary N) is 1. The van der Waals surface area contributed by atoms with E-state index < -0.39 is 0 Å². The van der Waals surface area contributed by atoms with Gasteiger partial charge in [-0.3, -0.25) is 9.89 Å². The van der Waals surface area contributed by atoms with Gasteiger partial charge in [0.2, 0.25) is 0 Å². The summed E-state index contributed by atoms with van der Waals surface area (Å²) in [5.74, 6) is 1.42. The van der Waals surface area contributed by atoms with Gasteiger partial charge < -0.3 is 9.47 Å². The van der Waals surface area contributed by atoms with Gasteiger partial charge in [0.25, 0.3) is 0 Å². The van der Waals surface area contributed by atoms with Crippen LogP contribution in [-0.2, 0) is 6.42 Å². The maximum atomic E-state index is 12.5. The Morgan fingerprint density at radius 1 is 1.14 bits per heavy atom. The van der Waals surface area contributed by atoms with Crippen LogP contribution in [0.4, 0.5) is 0 Å². The second kappa shape index (κ2) is 5.16. The van der Waals surface area contributed by atoms with Crippen molar-refractivity contribution in [3.8, 4) is 22.8 Å². The molecule has 1 heterocycles. The molecule has 0 aliphatic heterocycles. The Balaban J connectivity index is 2.08. The predicted molar refractivity (Wildman–Crippen MR) is 83.6 cm³/mol. The summed E-state index contributed by atoms with van der Waals surface area (Å²) in [5, 5.41) is 7.41. The topological polar surface area (TPSA) is 64.2 Å². The molecule has 116 valence electrons. The average molecular weight is 300 g/mol. The number of benzene rings is 1. The zero-order valence-corrected chi connectivity index (χ0v) is 13.3. The van der Waals surface area contributed by atoms with Crippen LogP contribution in [0, 0.1) is 5.41 Å². The third-order valence-electron chi connectivity index (χ3n) is 4.07. The quantitative estimate of drug-likeness (QED) is 0.945. The van der Waals surface area contributed by atoms with Gasteiger partial charge in [0, 0.05) is 17.7 Å². The lowest BCUT2D eigenvalue weighted by atomic mass is 9.75. The summed E-state index contributed by atoms with van der Waals surface area (Å²) in [6.45, 7) is 4.20. The van der Waals surface area contributed by atoms with Crippen molar-refractivity contribution < 1.29 is 14.3 Å². The van der Waals surface area contributed by atoms with Gasteiger partial charge in [0.1, 0.15) is 5.69 Å². The van der Waals surface area contributed by atoms with Crippen LogP contribution in [0.5, 0.6) is 11.5 Å². The van der Waals surface area contributed by atoms with E-state index in [9.17, 15) is 4.79 Å². The fourth-order valence-corrected chi connectivity index (χ4v) is 3.06. The number of fused-ring (bicyclic) bond motifs is 1. The van der Waals surface area contributed by atoms with Crippen LogP contribution < -0.4 is 9.47 Å². The molecule has 0 spiro atoms. The van der Waals surface area contributed by atoms with E-state index >= 15 is 0 Å². The molecule has 2 aromatic rings. The van der Waals surface area contributed by atoms with Crippen molar-refractivity contribution in [1.29, 1.82) is 0 Å². The van der Waals surface area contributed by atoms with Crippen LogP contribution >= 0.6 is 0 Å². The molecule has 0 fully saturated rings. The van der Waals surface area contributed by atoms with Crippen molar-refractivity contribution in [3.05, 3.63) is 29.5 Å². The van der Waals surface area contributed by atoms with E-state index in [1.54, 1.807) is 14.2 Å². The molecular weight excluding hydrogens is 280 g/mol. The Morgan fingerprint density at radius 3 is 2.55 bits per heavy atom. The summed E-state index contributed by atoms with van der Waals surface area (Å²) in [5.41, 5.74) is 3.16. The Hall–Kier alpha value is -2.30. The first kappa shape index (κ1) is 14.6. The number of aromatic amines is 1. The first-order chi connectivity index (χ1) is 10.4. The fraction of sp³-hybridized carbons (Fsp3) is 0.412. The van der Waals surface area contributed by atoms with E-state index in [1.165, 1.54) is 0 Å². The third kappa shape index (κ3) is 2.36.